The van der Waals surface area contributed by atoms with Crippen LogP contribution < -0.4 is 4.90 Å². The standard InChI is InChI=1S/C23H32BrN5O3/c1-15(30)27-8-10-28(11-9-27)20-7-6-18-19(24)14-29(21(18)25-20)17-12-16(13-17)26(5)22(31)32-23(2,3)4/h6-7,14,16-17H,8-13H2,1-5H3/t16-,17+. The zero-order valence-corrected chi connectivity index (χ0v) is 21.1. The van der Waals surface area contributed by atoms with Gasteiger partial charge in [-0.25, -0.2) is 9.78 Å². The molecule has 0 aromatic carbocycles. The molecule has 0 spiro atoms. The minimum absolute atomic E-state index is 0.127. The Labute approximate surface area is 197 Å². The van der Waals surface area contributed by atoms with E-state index in [2.05, 4.69) is 43.7 Å². The second kappa shape index (κ2) is 8.57. The summed E-state index contributed by atoms with van der Waals surface area (Å²) in [7, 11) is 1.82. The van der Waals surface area contributed by atoms with Crippen molar-refractivity contribution in [3.05, 3.63) is 22.8 Å². The van der Waals surface area contributed by atoms with Crippen LogP contribution in [0.4, 0.5) is 10.6 Å². The van der Waals surface area contributed by atoms with Gasteiger partial charge in [0.15, 0.2) is 0 Å². The fourth-order valence-electron chi connectivity index (χ4n) is 4.36. The van der Waals surface area contributed by atoms with E-state index in [-0.39, 0.29) is 24.1 Å². The average Bonchev–Trinajstić information content (AvgIpc) is 3.01. The van der Waals surface area contributed by atoms with Crippen molar-refractivity contribution in [2.75, 3.05) is 38.1 Å². The lowest BCUT2D eigenvalue weighted by molar-refractivity contribution is -0.129. The van der Waals surface area contributed by atoms with Gasteiger partial charge in [0.05, 0.1) is 0 Å². The van der Waals surface area contributed by atoms with Crippen molar-refractivity contribution in [1.29, 1.82) is 0 Å². The summed E-state index contributed by atoms with van der Waals surface area (Å²) in [6.07, 6.45) is 3.57. The van der Waals surface area contributed by atoms with Crippen molar-refractivity contribution in [2.45, 2.75) is 58.2 Å². The molecule has 2 fully saturated rings. The van der Waals surface area contributed by atoms with Crippen molar-refractivity contribution < 1.29 is 14.3 Å². The van der Waals surface area contributed by atoms with Gasteiger partial charge in [0.25, 0.3) is 0 Å². The highest BCUT2D eigenvalue weighted by Gasteiger charge is 2.37. The lowest BCUT2D eigenvalue weighted by Crippen LogP contribution is -2.48. The Bertz CT molecular complexity index is 1020. The van der Waals surface area contributed by atoms with Gasteiger partial charge in [-0.2, -0.15) is 0 Å². The van der Waals surface area contributed by atoms with E-state index in [1.54, 1.807) is 11.8 Å². The van der Waals surface area contributed by atoms with Gasteiger partial charge in [0, 0.05) is 68.3 Å². The Kier molecular flexibility index (Phi) is 6.13. The number of amides is 2. The Morgan fingerprint density at radius 1 is 1.16 bits per heavy atom. The number of pyridine rings is 1. The number of carbonyl (C=O) groups is 2. The first kappa shape index (κ1) is 22.9. The smallest absolute Gasteiger partial charge is 0.410 e. The molecule has 2 aromatic heterocycles. The topological polar surface area (TPSA) is 70.9 Å². The third-order valence-corrected chi connectivity index (χ3v) is 7.01. The molecular weight excluding hydrogens is 474 g/mol. The van der Waals surface area contributed by atoms with Gasteiger partial charge in [-0.05, 0) is 61.7 Å². The molecule has 174 valence electrons. The molecule has 2 amide bonds. The molecular formula is C23H32BrN5O3. The monoisotopic (exact) mass is 505 g/mol. The van der Waals surface area contributed by atoms with Crippen LogP contribution in [0.3, 0.4) is 0 Å². The van der Waals surface area contributed by atoms with Gasteiger partial charge in [-0.15, -0.1) is 0 Å². The number of carbonyl (C=O) groups excluding carboxylic acids is 2. The van der Waals surface area contributed by atoms with Crippen LogP contribution in [0.15, 0.2) is 22.8 Å². The maximum absolute atomic E-state index is 12.4. The summed E-state index contributed by atoms with van der Waals surface area (Å²) in [6.45, 7) is 10.3. The number of halogens is 1. The molecule has 4 rings (SSSR count). The largest absolute Gasteiger partial charge is 0.444 e. The normalized spacial score (nSPS) is 21.4. The molecule has 0 unspecified atom stereocenters. The predicted molar refractivity (Wildman–Crippen MR) is 128 cm³/mol. The average molecular weight is 506 g/mol. The third kappa shape index (κ3) is 4.58. The van der Waals surface area contributed by atoms with E-state index in [1.165, 1.54) is 0 Å². The minimum Gasteiger partial charge on any atom is -0.444 e. The van der Waals surface area contributed by atoms with Crippen LogP contribution >= 0.6 is 15.9 Å². The summed E-state index contributed by atoms with van der Waals surface area (Å²) in [6, 6.07) is 4.61. The predicted octanol–water partition coefficient (Wildman–Crippen LogP) is 4.04. The van der Waals surface area contributed by atoms with Gasteiger partial charge in [0.1, 0.15) is 17.1 Å². The highest BCUT2D eigenvalue weighted by molar-refractivity contribution is 9.10. The molecule has 32 heavy (non-hydrogen) atoms. The molecule has 9 heteroatoms. The Morgan fingerprint density at radius 2 is 1.81 bits per heavy atom. The number of piperazine rings is 1. The fourth-order valence-corrected chi connectivity index (χ4v) is 4.89. The quantitative estimate of drug-likeness (QED) is 0.629. The van der Waals surface area contributed by atoms with Crippen LogP contribution in [0, 0.1) is 0 Å². The number of hydrogen-bond acceptors (Lipinski definition) is 5. The second-order valence-electron chi connectivity index (χ2n) is 9.79. The fraction of sp³-hybridized carbons (Fsp3) is 0.609. The molecule has 0 atom stereocenters. The van der Waals surface area contributed by atoms with Gasteiger partial charge in [-0.3, -0.25) is 4.79 Å². The number of anilines is 1. The molecule has 3 heterocycles. The third-order valence-electron chi connectivity index (χ3n) is 6.37. The van der Waals surface area contributed by atoms with Crippen molar-refractivity contribution in [3.8, 4) is 0 Å². The van der Waals surface area contributed by atoms with E-state index in [9.17, 15) is 9.59 Å². The van der Waals surface area contributed by atoms with E-state index in [4.69, 9.17) is 9.72 Å². The second-order valence-corrected chi connectivity index (χ2v) is 10.6. The van der Waals surface area contributed by atoms with Crippen LogP contribution in [-0.2, 0) is 9.53 Å². The number of fused-ring (bicyclic) bond motifs is 1. The number of rotatable bonds is 3. The summed E-state index contributed by atoms with van der Waals surface area (Å²) in [5.41, 5.74) is 0.457. The summed E-state index contributed by atoms with van der Waals surface area (Å²) >= 11 is 3.68. The molecule has 0 N–H and O–H groups in total. The zero-order valence-electron chi connectivity index (χ0n) is 19.5. The molecule has 2 aliphatic rings. The van der Waals surface area contributed by atoms with E-state index in [0.29, 0.717) is 0 Å². The Balaban J connectivity index is 1.47. The van der Waals surface area contributed by atoms with E-state index >= 15 is 0 Å². The van der Waals surface area contributed by atoms with Crippen LogP contribution in [0.1, 0.15) is 46.6 Å². The molecule has 1 aliphatic carbocycles. The zero-order chi connectivity index (χ0) is 23.2. The first-order valence-corrected chi connectivity index (χ1v) is 12.0. The van der Waals surface area contributed by atoms with Gasteiger partial charge in [-0.1, -0.05) is 0 Å². The summed E-state index contributed by atoms with van der Waals surface area (Å²) in [5.74, 6) is 1.07. The Morgan fingerprint density at radius 3 is 2.41 bits per heavy atom. The molecule has 8 nitrogen and oxygen atoms in total. The van der Waals surface area contributed by atoms with Crippen LogP contribution in [-0.4, -0.2) is 76.2 Å². The lowest BCUT2D eigenvalue weighted by Gasteiger charge is -2.42. The lowest BCUT2D eigenvalue weighted by atomic mass is 9.85. The SMILES string of the molecule is CC(=O)N1CCN(c2ccc3c(Br)cn([C@H]4C[C@@H](N(C)C(=O)OC(C)(C)C)C4)c3n2)CC1. The summed E-state index contributed by atoms with van der Waals surface area (Å²) < 4.78 is 8.76. The van der Waals surface area contributed by atoms with Crippen molar-refractivity contribution in [1.82, 2.24) is 19.4 Å². The first-order valence-electron chi connectivity index (χ1n) is 11.2. The minimum atomic E-state index is -0.494. The molecule has 1 saturated heterocycles. The highest BCUT2D eigenvalue weighted by atomic mass is 79.9. The van der Waals surface area contributed by atoms with E-state index < -0.39 is 5.60 Å². The number of nitrogens with zero attached hydrogens (tertiary/aromatic N) is 5. The maximum atomic E-state index is 12.4. The van der Waals surface area contributed by atoms with E-state index in [0.717, 1.165) is 60.3 Å². The number of aromatic nitrogens is 2. The maximum Gasteiger partial charge on any atom is 0.410 e. The summed E-state index contributed by atoms with van der Waals surface area (Å²) in [5, 5.41) is 1.08. The molecule has 0 radical (unpaired) electrons. The molecule has 2 aromatic rings. The van der Waals surface area contributed by atoms with Crippen LogP contribution in [0.2, 0.25) is 0 Å². The van der Waals surface area contributed by atoms with Gasteiger partial charge < -0.3 is 24.0 Å². The van der Waals surface area contributed by atoms with Crippen LogP contribution in [0.25, 0.3) is 11.0 Å². The first-order chi connectivity index (χ1) is 15.0. The number of hydrogen-bond donors (Lipinski definition) is 0. The highest BCUT2D eigenvalue weighted by Crippen LogP contribution is 2.40. The molecule has 1 saturated carbocycles. The van der Waals surface area contributed by atoms with Crippen molar-refractivity contribution in [2.24, 2.45) is 0 Å². The molecule has 1 aliphatic heterocycles. The Hall–Kier alpha value is -2.29. The summed E-state index contributed by atoms with van der Waals surface area (Å²) in [4.78, 5) is 34.8. The van der Waals surface area contributed by atoms with Crippen molar-refractivity contribution >= 4 is 44.8 Å². The van der Waals surface area contributed by atoms with Crippen LogP contribution in [0.5, 0.6) is 0 Å². The van der Waals surface area contributed by atoms with E-state index in [1.807, 2.05) is 32.7 Å². The van der Waals surface area contributed by atoms with Gasteiger partial charge in [0.2, 0.25) is 5.91 Å². The van der Waals surface area contributed by atoms with Crippen molar-refractivity contribution in [3.63, 3.8) is 0 Å². The number of ether oxygens (including phenoxy) is 1. The molecule has 0 bridgehead atoms. The van der Waals surface area contributed by atoms with Gasteiger partial charge >= 0.3 is 6.09 Å².